The first-order chi connectivity index (χ1) is 6.93. The first-order valence-corrected chi connectivity index (χ1v) is 5.22. The van der Waals surface area contributed by atoms with Crippen LogP contribution in [0, 0.1) is 0 Å². The van der Waals surface area contributed by atoms with Crippen molar-refractivity contribution in [2.75, 3.05) is 13.1 Å². The number of rotatable bonds is 4. The van der Waals surface area contributed by atoms with Crippen LogP contribution in [0.3, 0.4) is 0 Å². The van der Waals surface area contributed by atoms with Gasteiger partial charge >= 0.3 is 6.03 Å². The molecule has 15 heavy (non-hydrogen) atoms. The van der Waals surface area contributed by atoms with Gasteiger partial charge in [-0.1, -0.05) is 0 Å². The van der Waals surface area contributed by atoms with E-state index in [1.54, 1.807) is 6.92 Å². The summed E-state index contributed by atoms with van der Waals surface area (Å²) in [6, 6.07) is -0.200. The minimum atomic E-state index is -0.487. The highest BCUT2D eigenvalue weighted by molar-refractivity contribution is 6.02. The summed E-state index contributed by atoms with van der Waals surface area (Å²) < 4.78 is 0. The lowest BCUT2D eigenvalue weighted by atomic mass is 10.3. The molecule has 1 fully saturated rings. The Morgan fingerprint density at radius 1 is 1.33 bits per heavy atom. The van der Waals surface area contributed by atoms with Crippen molar-refractivity contribution in [1.29, 1.82) is 0 Å². The second-order valence-corrected chi connectivity index (χ2v) is 4.19. The SMILES string of the molecule is CC(O)CCN1C(=O)CN(C(C)C)C1=O. The molecular formula is C10H18N2O3. The summed E-state index contributed by atoms with van der Waals surface area (Å²) in [4.78, 5) is 26.0. The zero-order valence-electron chi connectivity index (χ0n) is 9.43. The van der Waals surface area contributed by atoms with Gasteiger partial charge in [-0.3, -0.25) is 9.69 Å². The predicted octanol–water partition coefficient (Wildman–Crippen LogP) is 0.430. The molecule has 0 aromatic rings. The van der Waals surface area contributed by atoms with Crippen LogP contribution in [0.4, 0.5) is 4.79 Å². The molecule has 0 aliphatic carbocycles. The van der Waals surface area contributed by atoms with Crippen molar-refractivity contribution in [3.8, 4) is 0 Å². The Kier molecular flexibility index (Phi) is 3.68. The maximum Gasteiger partial charge on any atom is 0.327 e. The van der Waals surface area contributed by atoms with Gasteiger partial charge in [-0.25, -0.2) is 4.79 Å². The lowest BCUT2D eigenvalue weighted by molar-refractivity contribution is -0.125. The van der Waals surface area contributed by atoms with Crippen LogP contribution in [-0.2, 0) is 4.79 Å². The number of urea groups is 1. The lowest BCUT2D eigenvalue weighted by Gasteiger charge is -2.20. The third-order valence-corrected chi connectivity index (χ3v) is 2.48. The molecule has 1 heterocycles. The van der Waals surface area contributed by atoms with Crippen LogP contribution >= 0.6 is 0 Å². The average molecular weight is 214 g/mol. The van der Waals surface area contributed by atoms with Crippen molar-refractivity contribution in [2.45, 2.75) is 39.3 Å². The van der Waals surface area contributed by atoms with E-state index in [4.69, 9.17) is 5.11 Å². The molecule has 0 aromatic heterocycles. The summed E-state index contributed by atoms with van der Waals surface area (Å²) in [5.41, 5.74) is 0. The van der Waals surface area contributed by atoms with Crippen molar-refractivity contribution in [3.05, 3.63) is 0 Å². The third kappa shape index (κ3) is 2.68. The topological polar surface area (TPSA) is 60.9 Å². The number of amides is 3. The zero-order chi connectivity index (χ0) is 11.6. The Morgan fingerprint density at radius 3 is 2.33 bits per heavy atom. The van der Waals surface area contributed by atoms with Gasteiger partial charge in [-0.15, -0.1) is 0 Å². The number of imide groups is 1. The van der Waals surface area contributed by atoms with Crippen LogP contribution in [0.15, 0.2) is 0 Å². The van der Waals surface area contributed by atoms with Crippen LogP contribution < -0.4 is 0 Å². The number of hydrogen-bond acceptors (Lipinski definition) is 3. The summed E-state index contributed by atoms with van der Waals surface area (Å²) in [6.45, 7) is 5.87. The van der Waals surface area contributed by atoms with Crippen molar-refractivity contribution in [3.63, 3.8) is 0 Å². The quantitative estimate of drug-likeness (QED) is 0.690. The molecule has 1 aliphatic heterocycles. The van der Waals surface area contributed by atoms with E-state index in [0.29, 0.717) is 13.0 Å². The van der Waals surface area contributed by atoms with E-state index >= 15 is 0 Å². The molecular weight excluding hydrogens is 196 g/mol. The maximum absolute atomic E-state index is 11.7. The van der Waals surface area contributed by atoms with E-state index < -0.39 is 6.10 Å². The van der Waals surface area contributed by atoms with Crippen molar-refractivity contribution < 1.29 is 14.7 Å². The van der Waals surface area contributed by atoms with Crippen LogP contribution in [0.5, 0.6) is 0 Å². The van der Waals surface area contributed by atoms with Crippen LogP contribution in [-0.4, -0.2) is 52.1 Å². The van der Waals surface area contributed by atoms with Gasteiger partial charge in [0, 0.05) is 12.6 Å². The predicted molar refractivity (Wildman–Crippen MR) is 55.2 cm³/mol. The van der Waals surface area contributed by atoms with Gasteiger partial charge in [-0.05, 0) is 27.2 Å². The van der Waals surface area contributed by atoms with E-state index in [1.165, 1.54) is 9.80 Å². The van der Waals surface area contributed by atoms with Gasteiger partial charge in [0.25, 0.3) is 0 Å². The minimum Gasteiger partial charge on any atom is -0.393 e. The molecule has 0 radical (unpaired) electrons. The van der Waals surface area contributed by atoms with Gasteiger partial charge in [0.2, 0.25) is 5.91 Å². The lowest BCUT2D eigenvalue weighted by Crippen LogP contribution is -2.37. The second kappa shape index (κ2) is 4.61. The summed E-state index contributed by atoms with van der Waals surface area (Å²) in [7, 11) is 0. The first-order valence-electron chi connectivity index (χ1n) is 5.22. The van der Waals surface area contributed by atoms with Crippen LogP contribution in [0.1, 0.15) is 27.2 Å². The monoisotopic (exact) mass is 214 g/mol. The fourth-order valence-electron chi connectivity index (χ4n) is 1.50. The number of aliphatic hydroxyl groups excluding tert-OH is 1. The van der Waals surface area contributed by atoms with Crippen molar-refractivity contribution >= 4 is 11.9 Å². The molecule has 0 aromatic carbocycles. The zero-order valence-corrected chi connectivity index (χ0v) is 9.43. The molecule has 5 heteroatoms. The van der Waals surface area contributed by atoms with Crippen molar-refractivity contribution in [2.24, 2.45) is 0 Å². The summed E-state index contributed by atoms with van der Waals surface area (Å²) in [5, 5.41) is 9.10. The number of hydrogen-bond donors (Lipinski definition) is 1. The Balaban J connectivity index is 2.59. The van der Waals surface area contributed by atoms with E-state index in [-0.39, 0.29) is 24.5 Å². The normalized spacial score (nSPS) is 19.3. The molecule has 1 unspecified atom stereocenters. The molecule has 0 saturated carbocycles. The van der Waals surface area contributed by atoms with E-state index in [1.807, 2.05) is 13.8 Å². The molecule has 1 N–H and O–H groups in total. The number of nitrogens with zero attached hydrogens (tertiary/aromatic N) is 2. The Labute approximate surface area is 89.7 Å². The highest BCUT2D eigenvalue weighted by Crippen LogP contribution is 2.14. The van der Waals surface area contributed by atoms with Crippen LogP contribution in [0.25, 0.3) is 0 Å². The summed E-state index contributed by atoms with van der Waals surface area (Å²) >= 11 is 0. The molecule has 3 amide bonds. The largest absolute Gasteiger partial charge is 0.393 e. The molecule has 5 nitrogen and oxygen atoms in total. The highest BCUT2D eigenvalue weighted by atomic mass is 16.3. The van der Waals surface area contributed by atoms with Crippen LogP contribution in [0.2, 0.25) is 0 Å². The van der Waals surface area contributed by atoms with Gasteiger partial charge in [0.15, 0.2) is 0 Å². The fraction of sp³-hybridized carbons (Fsp3) is 0.800. The summed E-state index contributed by atoms with van der Waals surface area (Å²) in [5.74, 6) is -0.172. The maximum atomic E-state index is 11.7. The van der Waals surface area contributed by atoms with Gasteiger partial charge in [0.05, 0.1) is 6.10 Å². The Bertz CT molecular complexity index is 263. The Hall–Kier alpha value is -1.10. The highest BCUT2D eigenvalue weighted by Gasteiger charge is 2.36. The van der Waals surface area contributed by atoms with Gasteiger partial charge < -0.3 is 10.0 Å². The molecule has 1 saturated heterocycles. The number of aliphatic hydroxyl groups is 1. The summed E-state index contributed by atoms with van der Waals surface area (Å²) in [6.07, 6.45) is -0.0534. The van der Waals surface area contributed by atoms with Gasteiger partial charge in [-0.2, -0.15) is 0 Å². The van der Waals surface area contributed by atoms with Gasteiger partial charge in [0.1, 0.15) is 6.54 Å². The smallest absolute Gasteiger partial charge is 0.327 e. The molecule has 0 spiro atoms. The first kappa shape index (κ1) is 12.0. The average Bonchev–Trinajstić information content (AvgIpc) is 2.39. The van der Waals surface area contributed by atoms with E-state index in [2.05, 4.69) is 0 Å². The molecule has 1 rings (SSSR count). The van der Waals surface area contributed by atoms with E-state index in [9.17, 15) is 9.59 Å². The number of carbonyl (C=O) groups is 2. The molecule has 1 aliphatic rings. The molecule has 0 bridgehead atoms. The minimum absolute atomic E-state index is 0.0398. The standard InChI is InChI=1S/C10H18N2O3/c1-7(2)12-6-9(14)11(10(12)15)5-4-8(3)13/h7-8,13H,4-6H2,1-3H3. The Morgan fingerprint density at radius 2 is 1.93 bits per heavy atom. The van der Waals surface area contributed by atoms with E-state index in [0.717, 1.165) is 0 Å². The second-order valence-electron chi connectivity index (χ2n) is 4.19. The van der Waals surface area contributed by atoms with Crippen molar-refractivity contribution in [1.82, 2.24) is 9.80 Å². The molecule has 1 atom stereocenters. The third-order valence-electron chi connectivity index (χ3n) is 2.48. The fourth-order valence-corrected chi connectivity index (χ4v) is 1.50. The molecule has 86 valence electrons. The number of carbonyl (C=O) groups excluding carboxylic acids is 2.